The van der Waals surface area contributed by atoms with Crippen LogP contribution in [-0.4, -0.2) is 47.6 Å². The number of amidine groups is 1. The van der Waals surface area contributed by atoms with Gasteiger partial charge >= 0.3 is 6.09 Å². The third kappa shape index (κ3) is 4.86. The van der Waals surface area contributed by atoms with Gasteiger partial charge in [-0.2, -0.15) is 4.99 Å². The topological polar surface area (TPSA) is 144 Å². The first kappa shape index (κ1) is 25.7. The van der Waals surface area contributed by atoms with E-state index in [4.69, 9.17) is 22.1 Å². The van der Waals surface area contributed by atoms with Crippen LogP contribution in [0.25, 0.3) is 11.2 Å². The van der Waals surface area contributed by atoms with Gasteiger partial charge in [0.2, 0.25) is 0 Å². The number of carboxylic acid groups (broad SMARTS) is 1. The van der Waals surface area contributed by atoms with Gasteiger partial charge in [0.25, 0.3) is 0 Å². The molecular weight excluding hydrogens is 512 g/mol. The van der Waals surface area contributed by atoms with Crippen LogP contribution in [0, 0.1) is 30.1 Å². The van der Waals surface area contributed by atoms with Gasteiger partial charge in [0.05, 0.1) is 16.6 Å². The predicted molar refractivity (Wildman–Crippen MR) is 151 cm³/mol. The van der Waals surface area contributed by atoms with Gasteiger partial charge in [-0.05, 0) is 70.1 Å². The summed E-state index contributed by atoms with van der Waals surface area (Å²) in [6.45, 7) is 2.97. The fraction of sp³-hybridized carbons (Fsp3) is 0.571. The number of rotatable bonds is 8. The summed E-state index contributed by atoms with van der Waals surface area (Å²) < 4.78 is 2.31. The Morgan fingerprint density at radius 1 is 1.28 bits per heavy atom. The zero-order valence-electron chi connectivity index (χ0n) is 22.1. The lowest BCUT2D eigenvalue weighted by atomic mass is 9.80. The van der Waals surface area contributed by atoms with Crippen molar-refractivity contribution in [1.29, 1.82) is 0 Å². The van der Waals surface area contributed by atoms with Crippen molar-refractivity contribution in [3.05, 3.63) is 28.2 Å². The first-order valence-electron chi connectivity index (χ1n) is 13.9. The number of terminal acetylenes is 1. The number of thiazole rings is 1. The standard InChI is InChI=1S/C28H34N8O2S/c1-3-17-7-9-18(10-8-17)13-36-21-23(31-16(2)19-5-4-6-19)33-25(22(29)32-27(37)38)34-24(21)35-26(36)28(11-12-28)20-14-39-15-30-20/h1,14-19H,4-13H2,2H3,(H2,29,32)(H,37,38)(H,31,33,34). The van der Waals surface area contributed by atoms with Crippen LogP contribution in [0.5, 0.6) is 0 Å². The highest BCUT2D eigenvalue weighted by molar-refractivity contribution is 7.07. The van der Waals surface area contributed by atoms with Crippen LogP contribution < -0.4 is 11.1 Å². The zero-order chi connectivity index (χ0) is 27.1. The summed E-state index contributed by atoms with van der Waals surface area (Å²) in [5, 5.41) is 14.9. The molecule has 3 aliphatic carbocycles. The van der Waals surface area contributed by atoms with Crippen molar-refractivity contribution in [1.82, 2.24) is 24.5 Å². The lowest BCUT2D eigenvalue weighted by Gasteiger charge is -2.32. The van der Waals surface area contributed by atoms with E-state index in [2.05, 4.69) is 43.1 Å². The Hall–Kier alpha value is -3.52. The maximum Gasteiger partial charge on any atom is 0.433 e. The number of anilines is 1. The van der Waals surface area contributed by atoms with Crippen LogP contribution >= 0.6 is 11.3 Å². The summed E-state index contributed by atoms with van der Waals surface area (Å²) in [5.41, 5.74) is 10.0. The second-order valence-electron chi connectivity index (χ2n) is 11.4. The summed E-state index contributed by atoms with van der Waals surface area (Å²) in [6.07, 6.45) is 14.1. The van der Waals surface area contributed by atoms with Gasteiger partial charge in [-0.15, -0.1) is 23.7 Å². The maximum atomic E-state index is 11.3. The number of fused-ring (bicyclic) bond motifs is 1. The average Bonchev–Trinajstić information content (AvgIpc) is 3.31. The van der Waals surface area contributed by atoms with Crippen LogP contribution in [0.1, 0.15) is 82.1 Å². The van der Waals surface area contributed by atoms with Gasteiger partial charge in [0.15, 0.2) is 23.1 Å². The maximum absolute atomic E-state index is 11.3. The van der Waals surface area contributed by atoms with Gasteiger partial charge in [0.1, 0.15) is 11.3 Å². The molecule has 10 nitrogen and oxygen atoms in total. The fourth-order valence-electron chi connectivity index (χ4n) is 6.16. The Morgan fingerprint density at radius 2 is 2.05 bits per heavy atom. The molecule has 3 heterocycles. The van der Waals surface area contributed by atoms with Crippen LogP contribution in [0.3, 0.4) is 0 Å². The van der Waals surface area contributed by atoms with Crippen molar-refractivity contribution in [3.8, 4) is 12.3 Å². The molecule has 39 heavy (non-hydrogen) atoms. The SMILES string of the molecule is C#CC1CCC(Cn2c(C3(c4cscn4)CC3)nc3nc(C(N)=NC(=O)O)nc(NC(C)C4CCC4)c32)CC1. The number of hydrogen-bond donors (Lipinski definition) is 3. The molecule has 0 aliphatic heterocycles. The molecular formula is C28H34N8O2S. The van der Waals surface area contributed by atoms with Crippen LogP contribution in [0.15, 0.2) is 15.9 Å². The van der Waals surface area contributed by atoms with Gasteiger partial charge in [-0.25, -0.2) is 24.7 Å². The second-order valence-corrected chi connectivity index (χ2v) is 12.1. The van der Waals surface area contributed by atoms with E-state index < -0.39 is 6.09 Å². The number of carbonyl (C=O) groups is 1. The van der Waals surface area contributed by atoms with E-state index in [1.807, 2.05) is 5.51 Å². The molecule has 0 radical (unpaired) electrons. The van der Waals surface area contributed by atoms with Crippen molar-refractivity contribution in [2.75, 3.05) is 5.32 Å². The lowest BCUT2D eigenvalue weighted by molar-refractivity contribution is 0.205. The highest BCUT2D eigenvalue weighted by atomic mass is 32.1. The highest BCUT2D eigenvalue weighted by Gasteiger charge is 2.52. The van der Waals surface area contributed by atoms with E-state index in [0.29, 0.717) is 29.2 Å². The Kier molecular flexibility index (Phi) is 6.75. The first-order chi connectivity index (χ1) is 18.9. The Bertz CT molecular complexity index is 1440. The third-order valence-electron chi connectivity index (χ3n) is 8.89. The minimum absolute atomic E-state index is 0.0671. The molecule has 0 saturated heterocycles. The monoisotopic (exact) mass is 546 g/mol. The van der Waals surface area contributed by atoms with E-state index >= 15 is 0 Å². The molecule has 1 amide bonds. The number of amides is 1. The molecule has 1 unspecified atom stereocenters. The first-order valence-corrected chi connectivity index (χ1v) is 14.8. The molecule has 4 N–H and O–H groups in total. The Morgan fingerprint density at radius 3 is 2.64 bits per heavy atom. The number of aliphatic imine (C=N–C) groups is 1. The van der Waals surface area contributed by atoms with Crippen molar-refractivity contribution >= 4 is 40.2 Å². The van der Waals surface area contributed by atoms with Crippen molar-refractivity contribution in [2.45, 2.75) is 82.7 Å². The molecule has 0 spiro atoms. The van der Waals surface area contributed by atoms with Crippen LogP contribution in [-0.2, 0) is 12.0 Å². The summed E-state index contributed by atoms with van der Waals surface area (Å²) in [4.78, 5) is 33.9. The largest absolute Gasteiger partial charge is 0.463 e. The summed E-state index contributed by atoms with van der Waals surface area (Å²) in [7, 11) is 0. The van der Waals surface area contributed by atoms with Crippen molar-refractivity contribution < 1.29 is 9.90 Å². The van der Waals surface area contributed by atoms with Gasteiger partial charge in [0, 0.05) is 23.9 Å². The Balaban J connectivity index is 1.49. The number of imidazole rings is 1. The van der Waals surface area contributed by atoms with E-state index in [0.717, 1.165) is 62.1 Å². The molecule has 204 valence electrons. The molecule has 0 bridgehead atoms. The molecule has 3 aromatic rings. The van der Waals surface area contributed by atoms with Gasteiger partial charge in [-0.3, -0.25) is 0 Å². The van der Waals surface area contributed by atoms with E-state index in [1.54, 1.807) is 11.3 Å². The van der Waals surface area contributed by atoms with Crippen molar-refractivity contribution in [3.63, 3.8) is 0 Å². The van der Waals surface area contributed by atoms with Crippen LogP contribution in [0.2, 0.25) is 0 Å². The molecule has 6 rings (SSSR count). The zero-order valence-corrected chi connectivity index (χ0v) is 23.0. The minimum Gasteiger partial charge on any atom is -0.463 e. The molecule has 0 aromatic carbocycles. The molecule has 3 fully saturated rings. The third-order valence-corrected chi connectivity index (χ3v) is 9.48. The van der Waals surface area contributed by atoms with Crippen molar-refractivity contribution in [2.24, 2.45) is 28.5 Å². The lowest BCUT2D eigenvalue weighted by Crippen LogP contribution is -2.32. The summed E-state index contributed by atoms with van der Waals surface area (Å²) in [6, 6.07) is 0.189. The average molecular weight is 547 g/mol. The molecule has 11 heteroatoms. The quantitative estimate of drug-likeness (QED) is 0.208. The summed E-state index contributed by atoms with van der Waals surface area (Å²) >= 11 is 1.59. The number of hydrogen-bond acceptors (Lipinski definition) is 7. The van der Waals surface area contributed by atoms with Gasteiger partial charge in [-0.1, -0.05) is 6.42 Å². The predicted octanol–water partition coefficient (Wildman–Crippen LogP) is 4.79. The van der Waals surface area contributed by atoms with E-state index in [1.165, 1.54) is 19.3 Å². The number of nitrogens with two attached hydrogens (primary N) is 1. The number of nitrogens with zero attached hydrogens (tertiary/aromatic N) is 6. The number of nitrogens with one attached hydrogen (secondary N) is 1. The summed E-state index contributed by atoms with van der Waals surface area (Å²) in [5.74, 6) is 5.72. The molecule has 3 saturated carbocycles. The Labute approximate surface area is 231 Å². The van der Waals surface area contributed by atoms with Crippen LogP contribution in [0.4, 0.5) is 10.6 Å². The highest BCUT2D eigenvalue weighted by Crippen LogP contribution is 2.53. The normalized spacial score (nSPS) is 23.6. The smallest absolute Gasteiger partial charge is 0.433 e. The van der Waals surface area contributed by atoms with Gasteiger partial charge < -0.3 is 20.7 Å². The fourth-order valence-corrected chi connectivity index (χ4v) is 6.81. The van der Waals surface area contributed by atoms with E-state index in [-0.39, 0.29) is 23.1 Å². The second kappa shape index (κ2) is 10.2. The molecule has 1 atom stereocenters. The minimum atomic E-state index is -1.39. The molecule has 3 aliphatic rings. The molecule has 3 aromatic heterocycles. The van der Waals surface area contributed by atoms with E-state index in [9.17, 15) is 9.90 Å². The number of aromatic nitrogens is 5.